The van der Waals surface area contributed by atoms with E-state index in [9.17, 15) is 4.79 Å². The van der Waals surface area contributed by atoms with E-state index in [1.165, 1.54) is 16.0 Å². The number of morpholine rings is 1. The Morgan fingerprint density at radius 2 is 1.88 bits per heavy atom. The number of ether oxygens (including phenoxy) is 1. The van der Waals surface area contributed by atoms with Crippen LogP contribution in [0.2, 0.25) is 0 Å². The maximum atomic E-state index is 12.0. The molecule has 25 heavy (non-hydrogen) atoms. The van der Waals surface area contributed by atoms with Crippen molar-refractivity contribution in [3.8, 4) is 0 Å². The van der Waals surface area contributed by atoms with Gasteiger partial charge in [-0.1, -0.05) is 30.3 Å². The molecule has 1 aliphatic rings. The van der Waals surface area contributed by atoms with Crippen LogP contribution in [-0.2, 0) is 24.2 Å². The number of nitrogens with one attached hydrogen (secondary N) is 2. The van der Waals surface area contributed by atoms with Crippen LogP contribution in [0.1, 0.15) is 16.0 Å². The first kappa shape index (κ1) is 17.9. The third kappa shape index (κ3) is 5.85. The molecule has 0 bridgehead atoms. The van der Waals surface area contributed by atoms with Gasteiger partial charge in [0.2, 0.25) is 0 Å². The number of hydrogen-bond acceptors (Lipinski definition) is 4. The second-order valence-electron chi connectivity index (χ2n) is 6.10. The molecule has 0 atom stereocenters. The molecule has 0 saturated carbocycles. The van der Waals surface area contributed by atoms with Crippen LogP contribution in [0.15, 0.2) is 41.8 Å². The molecule has 1 fully saturated rings. The molecule has 0 spiro atoms. The zero-order valence-corrected chi connectivity index (χ0v) is 15.2. The number of carbonyl (C=O) groups is 1. The van der Waals surface area contributed by atoms with Gasteiger partial charge >= 0.3 is 6.03 Å². The molecule has 0 radical (unpaired) electrons. The van der Waals surface area contributed by atoms with Crippen molar-refractivity contribution in [2.75, 3.05) is 32.8 Å². The molecule has 2 amide bonds. The first-order valence-electron chi connectivity index (χ1n) is 8.72. The molecular formula is C19H25N3O2S. The van der Waals surface area contributed by atoms with Crippen molar-refractivity contribution in [3.05, 3.63) is 57.8 Å². The predicted octanol–water partition coefficient (Wildman–Crippen LogP) is 2.62. The quantitative estimate of drug-likeness (QED) is 0.799. The smallest absolute Gasteiger partial charge is 0.315 e. The number of nitrogens with zero attached hydrogens (tertiary/aromatic N) is 1. The monoisotopic (exact) mass is 359 g/mol. The van der Waals surface area contributed by atoms with E-state index in [4.69, 9.17) is 4.74 Å². The van der Waals surface area contributed by atoms with Crippen LogP contribution in [0.4, 0.5) is 4.79 Å². The van der Waals surface area contributed by atoms with Gasteiger partial charge in [0.05, 0.1) is 13.2 Å². The molecule has 2 aromatic rings. The fourth-order valence-corrected chi connectivity index (χ4v) is 3.59. The van der Waals surface area contributed by atoms with Crippen LogP contribution in [0, 0.1) is 0 Å². The summed E-state index contributed by atoms with van der Waals surface area (Å²) in [7, 11) is 0. The van der Waals surface area contributed by atoms with Crippen molar-refractivity contribution in [3.63, 3.8) is 0 Å². The normalized spacial score (nSPS) is 15.0. The lowest BCUT2D eigenvalue weighted by Gasteiger charge is -2.27. The Kier molecular flexibility index (Phi) is 6.85. The Morgan fingerprint density at radius 1 is 1.08 bits per heavy atom. The maximum Gasteiger partial charge on any atom is 0.315 e. The van der Waals surface area contributed by atoms with Crippen molar-refractivity contribution in [1.29, 1.82) is 0 Å². The van der Waals surface area contributed by atoms with Gasteiger partial charge in [-0.15, -0.1) is 11.3 Å². The summed E-state index contributed by atoms with van der Waals surface area (Å²) in [5.41, 5.74) is 2.44. The highest BCUT2D eigenvalue weighted by molar-refractivity contribution is 7.09. The first-order chi connectivity index (χ1) is 12.3. The van der Waals surface area contributed by atoms with Gasteiger partial charge in [0.25, 0.3) is 0 Å². The minimum Gasteiger partial charge on any atom is -0.379 e. The Hall–Kier alpha value is -1.89. The number of hydrogen-bond donors (Lipinski definition) is 2. The summed E-state index contributed by atoms with van der Waals surface area (Å²) in [6.45, 7) is 5.63. The number of amides is 2. The minimum atomic E-state index is -0.113. The highest BCUT2D eigenvalue weighted by atomic mass is 32.1. The summed E-state index contributed by atoms with van der Waals surface area (Å²) in [4.78, 5) is 15.7. The Balaban J connectivity index is 1.44. The molecule has 2 N–H and O–H groups in total. The molecule has 3 rings (SSSR count). The standard InChI is InChI=1S/C19H25N3O2S/c23-19(20-8-7-18-6-3-13-25-18)21-14-16-4-1-2-5-17(16)15-22-9-11-24-12-10-22/h1-6,13H,7-12,14-15H2,(H2,20,21,23). The lowest BCUT2D eigenvalue weighted by atomic mass is 10.1. The summed E-state index contributed by atoms with van der Waals surface area (Å²) < 4.78 is 5.40. The van der Waals surface area contributed by atoms with Gasteiger partial charge in [0, 0.05) is 37.6 Å². The van der Waals surface area contributed by atoms with Crippen LogP contribution in [0.25, 0.3) is 0 Å². The van der Waals surface area contributed by atoms with Crippen molar-refractivity contribution in [2.45, 2.75) is 19.5 Å². The van der Waals surface area contributed by atoms with Crippen LogP contribution in [-0.4, -0.2) is 43.8 Å². The largest absolute Gasteiger partial charge is 0.379 e. The SMILES string of the molecule is O=C(NCCc1cccs1)NCc1ccccc1CN1CCOCC1. The van der Waals surface area contributed by atoms with Gasteiger partial charge < -0.3 is 15.4 Å². The van der Waals surface area contributed by atoms with E-state index in [-0.39, 0.29) is 6.03 Å². The number of thiophene rings is 1. The van der Waals surface area contributed by atoms with E-state index in [0.29, 0.717) is 13.1 Å². The summed E-state index contributed by atoms with van der Waals surface area (Å²) in [5, 5.41) is 7.94. The van der Waals surface area contributed by atoms with Crippen molar-refractivity contribution in [2.24, 2.45) is 0 Å². The van der Waals surface area contributed by atoms with Crippen LogP contribution in [0.3, 0.4) is 0 Å². The summed E-state index contributed by atoms with van der Waals surface area (Å²) >= 11 is 1.72. The lowest BCUT2D eigenvalue weighted by molar-refractivity contribution is 0.0341. The number of rotatable bonds is 7. The zero-order valence-electron chi connectivity index (χ0n) is 14.4. The Labute approximate surface area is 153 Å². The van der Waals surface area contributed by atoms with Gasteiger partial charge in [-0.3, -0.25) is 4.90 Å². The third-order valence-corrected chi connectivity index (χ3v) is 5.23. The summed E-state index contributed by atoms with van der Waals surface area (Å²) in [6, 6.07) is 12.3. The average molecular weight is 359 g/mol. The van der Waals surface area contributed by atoms with E-state index < -0.39 is 0 Å². The van der Waals surface area contributed by atoms with Crippen LogP contribution >= 0.6 is 11.3 Å². The fraction of sp³-hybridized carbons (Fsp3) is 0.421. The van der Waals surface area contributed by atoms with Gasteiger partial charge in [-0.25, -0.2) is 4.79 Å². The van der Waals surface area contributed by atoms with Gasteiger partial charge in [0.1, 0.15) is 0 Å². The highest BCUT2D eigenvalue weighted by Gasteiger charge is 2.13. The highest BCUT2D eigenvalue weighted by Crippen LogP contribution is 2.13. The third-order valence-electron chi connectivity index (χ3n) is 4.29. The topological polar surface area (TPSA) is 53.6 Å². The first-order valence-corrected chi connectivity index (χ1v) is 9.60. The maximum absolute atomic E-state index is 12.0. The van der Waals surface area contributed by atoms with E-state index >= 15 is 0 Å². The Bertz CT molecular complexity index is 654. The number of urea groups is 1. The molecule has 1 aliphatic heterocycles. The lowest BCUT2D eigenvalue weighted by Crippen LogP contribution is -2.37. The van der Waals surface area contributed by atoms with E-state index in [1.807, 2.05) is 12.1 Å². The van der Waals surface area contributed by atoms with Gasteiger partial charge in [-0.2, -0.15) is 0 Å². The molecular weight excluding hydrogens is 334 g/mol. The summed E-state index contributed by atoms with van der Waals surface area (Å²) in [6.07, 6.45) is 0.874. The molecule has 6 heteroatoms. The average Bonchev–Trinajstić information content (AvgIpc) is 3.15. The van der Waals surface area contributed by atoms with Gasteiger partial charge in [0.15, 0.2) is 0 Å². The van der Waals surface area contributed by atoms with Crippen molar-refractivity contribution >= 4 is 17.4 Å². The molecule has 5 nitrogen and oxygen atoms in total. The zero-order chi connectivity index (χ0) is 17.3. The summed E-state index contributed by atoms with van der Waals surface area (Å²) in [5.74, 6) is 0. The Morgan fingerprint density at radius 3 is 2.64 bits per heavy atom. The van der Waals surface area contributed by atoms with Crippen molar-refractivity contribution in [1.82, 2.24) is 15.5 Å². The van der Waals surface area contributed by atoms with Crippen LogP contribution < -0.4 is 10.6 Å². The molecule has 2 heterocycles. The van der Waals surface area contributed by atoms with Crippen molar-refractivity contribution < 1.29 is 9.53 Å². The minimum absolute atomic E-state index is 0.113. The molecule has 134 valence electrons. The van der Waals surface area contributed by atoms with Gasteiger partial charge in [-0.05, 0) is 29.0 Å². The molecule has 0 aliphatic carbocycles. The van der Waals surface area contributed by atoms with E-state index in [0.717, 1.165) is 39.3 Å². The molecule has 1 aromatic carbocycles. The number of carbonyl (C=O) groups excluding carboxylic acids is 1. The second-order valence-corrected chi connectivity index (χ2v) is 7.13. The van der Waals surface area contributed by atoms with E-state index in [1.54, 1.807) is 11.3 Å². The molecule has 1 saturated heterocycles. The number of benzene rings is 1. The molecule has 1 aromatic heterocycles. The predicted molar refractivity (Wildman–Crippen MR) is 101 cm³/mol. The fourth-order valence-electron chi connectivity index (χ4n) is 2.88. The molecule has 0 unspecified atom stereocenters. The second kappa shape index (κ2) is 9.56. The van der Waals surface area contributed by atoms with E-state index in [2.05, 4.69) is 45.2 Å². The van der Waals surface area contributed by atoms with Crippen LogP contribution in [0.5, 0.6) is 0 Å².